The van der Waals surface area contributed by atoms with Gasteiger partial charge in [-0.15, -0.1) is 0 Å². The van der Waals surface area contributed by atoms with Crippen molar-refractivity contribution in [2.75, 3.05) is 5.73 Å². The number of nitrogen functional groups attached to an aromatic ring is 1. The topological polar surface area (TPSA) is 96.7 Å². The molecule has 0 fully saturated rings. The predicted octanol–water partition coefficient (Wildman–Crippen LogP) is 3.44. The van der Waals surface area contributed by atoms with Crippen molar-refractivity contribution < 1.29 is 40.7 Å². The minimum Gasteiger partial charge on any atom is -0.390 e. The van der Waals surface area contributed by atoms with E-state index in [1.165, 1.54) is 0 Å². The fraction of sp³-hybridized carbons (Fsp3) is 0.333. The lowest BCUT2D eigenvalue weighted by Crippen LogP contribution is -2.50. The van der Waals surface area contributed by atoms with E-state index in [-0.39, 0.29) is 11.3 Å². The Bertz CT molecular complexity index is 1210. The zero-order valence-electron chi connectivity index (χ0n) is 18.0. The first-order chi connectivity index (χ1) is 14.9. The van der Waals surface area contributed by atoms with Crippen LogP contribution in [0.3, 0.4) is 0 Å². The van der Waals surface area contributed by atoms with Gasteiger partial charge in [-0.2, -0.15) is 26.3 Å². The van der Waals surface area contributed by atoms with E-state index in [0.29, 0.717) is 25.3 Å². The second-order valence-electron chi connectivity index (χ2n) is 6.55. The maximum absolute atomic E-state index is 13.7. The second-order valence-corrected chi connectivity index (χ2v) is 6.55. The third-order valence-corrected chi connectivity index (χ3v) is 4.58. The molecule has 2 unspecified atom stereocenters. The molecule has 1 aromatic carbocycles. The van der Waals surface area contributed by atoms with E-state index in [0.717, 1.165) is 16.7 Å². The molecule has 0 saturated heterocycles. The Hall–Kier alpha value is -2.86. The Labute approximate surface area is 169 Å². The van der Waals surface area contributed by atoms with Crippen LogP contribution in [-0.4, -0.2) is 36.9 Å². The molecule has 0 aliphatic rings. The van der Waals surface area contributed by atoms with Gasteiger partial charge < -0.3 is 15.9 Å². The number of aromatic nitrogens is 3. The van der Waals surface area contributed by atoms with Crippen LogP contribution in [-0.2, 0) is 11.8 Å². The van der Waals surface area contributed by atoms with Crippen LogP contribution in [0, 0.1) is 6.85 Å². The van der Waals surface area contributed by atoms with Crippen LogP contribution in [0.25, 0.3) is 16.9 Å². The SMILES string of the molecule is [2H]C([2H])([2H])c1ccc(C(O)(C(C)O)C(F)(F)F)cc1-c1cnc2c(N)nc(C(F)(F)F)cn12. The Balaban J connectivity index is 2.40. The minimum absolute atomic E-state index is 0.304. The van der Waals surface area contributed by atoms with Gasteiger partial charge >= 0.3 is 12.4 Å². The average Bonchev–Trinajstić information content (AvgIpc) is 3.09. The number of benzene rings is 1. The summed E-state index contributed by atoms with van der Waals surface area (Å²) in [6.45, 7) is -2.23. The van der Waals surface area contributed by atoms with Crippen molar-refractivity contribution in [2.45, 2.75) is 37.8 Å². The molecule has 3 aromatic rings. The maximum Gasteiger partial charge on any atom is 0.434 e. The average molecular weight is 437 g/mol. The molecule has 162 valence electrons. The van der Waals surface area contributed by atoms with Crippen molar-refractivity contribution in [1.82, 2.24) is 14.4 Å². The quantitative estimate of drug-likeness (QED) is 0.546. The van der Waals surface area contributed by atoms with Gasteiger partial charge in [-0.1, -0.05) is 12.1 Å². The summed E-state index contributed by atoms with van der Waals surface area (Å²) >= 11 is 0. The molecule has 30 heavy (non-hydrogen) atoms. The molecule has 0 aliphatic carbocycles. The monoisotopic (exact) mass is 437 g/mol. The van der Waals surface area contributed by atoms with Crippen LogP contribution in [0.2, 0.25) is 0 Å². The molecule has 0 saturated carbocycles. The first kappa shape index (κ1) is 18.0. The number of nitrogens with zero attached hydrogens (tertiary/aromatic N) is 3. The number of hydrogen-bond acceptors (Lipinski definition) is 5. The highest BCUT2D eigenvalue weighted by atomic mass is 19.4. The Morgan fingerprint density at radius 1 is 1.20 bits per heavy atom. The number of imidazole rings is 1. The number of hydrogen-bond donors (Lipinski definition) is 3. The van der Waals surface area contributed by atoms with E-state index >= 15 is 0 Å². The lowest BCUT2D eigenvalue weighted by Gasteiger charge is -2.33. The molecule has 0 spiro atoms. The van der Waals surface area contributed by atoms with Crippen molar-refractivity contribution in [3.8, 4) is 11.3 Å². The number of anilines is 1. The molecule has 0 aliphatic heterocycles. The summed E-state index contributed by atoms with van der Waals surface area (Å²) in [5.74, 6) is -0.654. The highest BCUT2D eigenvalue weighted by molar-refractivity contribution is 5.72. The summed E-state index contributed by atoms with van der Waals surface area (Å²) in [5.41, 5.74) is -2.32. The first-order valence-corrected chi connectivity index (χ1v) is 8.22. The van der Waals surface area contributed by atoms with Gasteiger partial charge in [0, 0.05) is 15.9 Å². The standard InChI is InChI=1S/C18H16F6N4O2/c1-8-3-4-10(16(30,9(2)29)18(22,23)24)5-11(8)12-6-26-15-14(25)27-13(7-28(12)15)17(19,20)21/h3-7,9,29-30H,1-2H3,(H2,25,27)/i1D3. The lowest BCUT2D eigenvalue weighted by molar-refractivity contribution is -0.295. The Kier molecular flexibility index (Phi) is 4.09. The van der Waals surface area contributed by atoms with Gasteiger partial charge in [0.25, 0.3) is 0 Å². The van der Waals surface area contributed by atoms with Gasteiger partial charge in [-0.05, 0) is 31.0 Å². The third-order valence-electron chi connectivity index (χ3n) is 4.58. The molecular formula is C18H16F6N4O2. The third kappa shape index (κ3) is 3.35. The fourth-order valence-corrected chi connectivity index (χ4v) is 2.98. The lowest BCUT2D eigenvalue weighted by atomic mass is 9.86. The summed E-state index contributed by atoms with van der Waals surface area (Å²) < 4.78 is 104. The molecule has 12 heteroatoms. The van der Waals surface area contributed by atoms with Crippen LogP contribution in [0.15, 0.2) is 30.6 Å². The van der Waals surface area contributed by atoms with Gasteiger partial charge in [-0.3, -0.25) is 4.40 Å². The highest BCUT2D eigenvalue weighted by Gasteiger charge is 2.58. The van der Waals surface area contributed by atoms with Crippen LogP contribution >= 0.6 is 0 Å². The van der Waals surface area contributed by atoms with Crippen molar-refractivity contribution in [1.29, 1.82) is 0 Å². The number of aliphatic hydroxyl groups is 2. The Morgan fingerprint density at radius 3 is 2.40 bits per heavy atom. The molecule has 6 nitrogen and oxygen atoms in total. The van der Waals surface area contributed by atoms with E-state index < -0.39 is 59.1 Å². The van der Waals surface area contributed by atoms with Crippen LogP contribution in [0.1, 0.15) is 27.9 Å². The summed E-state index contributed by atoms with van der Waals surface area (Å²) in [4.78, 5) is 7.01. The largest absolute Gasteiger partial charge is 0.434 e. The summed E-state index contributed by atoms with van der Waals surface area (Å²) in [6, 6.07) is 2.08. The summed E-state index contributed by atoms with van der Waals surface area (Å²) in [7, 11) is 0. The molecule has 2 heterocycles. The molecule has 2 atom stereocenters. The number of fused-ring (bicyclic) bond motifs is 1. The van der Waals surface area contributed by atoms with Crippen molar-refractivity contribution >= 4 is 11.5 Å². The number of rotatable bonds is 3. The maximum atomic E-state index is 13.7. The molecule has 0 radical (unpaired) electrons. The van der Waals surface area contributed by atoms with E-state index in [1.54, 1.807) is 0 Å². The van der Waals surface area contributed by atoms with Gasteiger partial charge in [0.1, 0.15) is 0 Å². The Morgan fingerprint density at radius 2 is 1.87 bits per heavy atom. The molecule has 2 aromatic heterocycles. The summed E-state index contributed by atoms with van der Waals surface area (Å²) in [5, 5.41) is 20.0. The number of aliphatic hydroxyl groups excluding tert-OH is 1. The molecule has 4 N–H and O–H groups in total. The van der Waals surface area contributed by atoms with Gasteiger partial charge in [0.05, 0.1) is 18.0 Å². The second kappa shape index (κ2) is 6.84. The molecule has 0 amide bonds. The zero-order chi connectivity index (χ0) is 25.1. The van der Waals surface area contributed by atoms with Gasteiger partial charge in [-0.25, -0.2) is 9.97 Å². The fourth-order valence-electron chi connectivity index (χ4n) is 2.98. The highest BCUT2D eigenvalue weighted by Crippen LogP contribution is 2.43. The van der Waals surface area contributed by atoms with E-state index in [9.17, 15) is 36.6 Å². The number of aryl methyl sites for hydroxylation is 1. The van der Waals surface area contributed by atoms with Crippen LogP contribution < -0.4 is 5.73 Å². The summed E-state index contributed by atoms with van der Waals surface area (Å²) in [6.07, 6.45) is -11.3. The van der Waals surface area contributed by atoms with E-state index in [4.69, 9.17) is 9.85 Å². The van der Waals surface area contributed by atoms with Crippen molar-refractivity contribution in [3.63, 3.8) is 0 Å². The normalized spacial score (nSPS) is 17.8. The number of halogens is 6. The number of alkyl halides is 6. The molecule has 0 bridgehead atoms. The van der Waals surface area contributed by atoms with Crippen molar-refractivity contribution in [3.05, 3.63) is 47.4 Å². The van der Waals surface area contributed by atoms with E-state index in [1.807, 2.05) is 0 Å². The van der Waals surface area contributed by atoms with Gasteiger partial charge in [0.2, 0.25) is 5.60 Å². The predicted molar refractivity (Wildman–Crippen MR) is 94.2 cm³/mol. The first-order valence-electron chi connectivity index (χ1n) is 9.72. The minimum atomic E-state index is -5.38. The smallest absolute Gasteiger partial charge is 0.390 e. The molecular weight excluding hydrogens is 418 g/mol. The number of nitrogens with two attached hydrogens (primary N) is 1. The van der Waals surface area contributed by atoms with E-state index in [2.05, 4.69) is 9.97 Å². The van der Waals surface area contributed by atoms with Crippen molar-refractivity contribution in [2.24, 2.45) is 0 Å². The van der Waals surface area contributed by atoms with Crippen LogP contribution in [0.5, 0.6) is 0 Å². The van der Waals surface area contributed by atoms with Crippen LogP contribution in [0.4, 0.5) is 32.2 Å². The molecule has 3 rings (SSSR count). The zero-order valence-corrected chi connectivity index (χ0v) is 15.0. The van der Waals surface area contributed by atoms with Gasteiger partial charge in [0.15, 0.2) is 17.2 Å².